The van der Waals surface area contributed by atoms with Gasteiger partial charge < -0.3 is 9.47 Å². The van der Waals surface area contributed by atoms with Crippen molar-refractivity contribution in [3.8, 4) is 11.6 Å². The van der Waals surface area contributed by atoms with Crippen molar-refractivity contribution in [3.63, 3.8) is 0 Å². The number of nitrogens with zero attached hydrogens (tertiary/aromatic N) is 3. The van der Waals surface area contributed by atoms with E-state index >= 15 is 0 Å². The van der Waals surface area contributed by atoms with E-state index in [2.05, 4.69) is 5.10 Å². The normalized spacial score (nSPS) is 11.5. The molecule has 0 saturated heterocycles. The quantitative estimate of drug-likeness (QED) is 0.237. The first-order valence-electron chi connectivity index (χ1n) is 10.5. The summed E-state index contributed by atoms with van der Waals surface area (Å²) in [5.74, 6) is 0.348. The van der Waals surface area contributed by atoms with Crippen LogP contribution in [0.4, 0.5) is 5.69 Å². The predicted molar refractivity (Wildman–Crippen MR) is 126 cm³/mol. The number of nitro groups is 1. The lowest BCUT2D eigenvalue weighted by molar-refractivity contribution is -0.387. The molecule has 2 aromatic carbocycles. The van der Waals surface area contributed by atoms with Crippen molar-refractivity contribution in [1.82, 2.24) is 9.78 Å². The van der Waals surface area contributed by atoms with Crippen molar-refractivity contribution in [2.45, 2.75) is 63.0 Å². The summed E-state index contributed by atoms with van der Waals surface area (Å²) in [7, 11) is 0. The average molecular weight is 470 g/mol. The van der Waals surface area contributed by atoms with Crippen LogP contribution in [0.2, 0.25) is 0 Å². The van der Waals surface area contributed by atoms with Gasteiger partial charge in [0, 0.05) is 6.07 Å². The van der Waals surface area contributed by atoms with Crippen LogP contribution in [-0.2, 0) is 5.54 Å². The van der Waals surface area contributed by atoms with Gasteiger partial charge in [-0.25, -0.2) is 9.48 Å². The molecule has 0 aliphatic rings. The third-order valence-corrected chi connectivity index (χ3v) is 5.77. The molecule has 0 fully saturated rings. The first-order chi connectivity index (χ1) is 15.5. The Morgan fingerprint density at radius 2 is 1.76 bits per heavy atom. The Balaban J connectivity index is 1.98. The fourth-order valence-corrected chi connectivity index (χ4v) is 4.06. The molecule has 8 nitrogen and oxygen atoms in total. The first-order valence-corrected chi connectivity index (χ1v) is 11.3. The molecule has 9 heteroatoms. The molecule has 1 aromatic heterocycles. The van der Waals surface area contributed by atoms with Crippen LogP contribution in [-0.4, -0.2) is 26.8 Å². The molecule has 3 rings (SSSR count). The lowest BCUT2D eigenvalue weighted by atomic mass is 10.1. The molecule has 0 atom stereocenters. The van der Waals surface area contributed by atoms with E-state index in [4.69, 9.17) is 9.47 Å². The van der Waals surface area contributed by atoms with Crippen LogP contribution in [0, 0.1) is 17.0 Å². The van der Waals surface area contributed by atoms with Crippen LogP contribution >= 0.6 is 11.8 Å². The molecular formula is C24H27N3O5S. The highest BCUT2D eigenvalue weighted by molar-refractivity contribution is 7.99. The van der Waals surface area contributed by atoms with Crippen LogP contribution in [0.3, 0.4) is 0 Å². The monoisotopic (exact) mass is 469 g/mol. The van der Waals surface area contributed by atoms with Crippen molar-refractivity contribution in [3.05, 3.63) is 69.9 Å². The standard InChI is InChI=1S/C24H27N3O5S/c1-15(2)31-18-13-11-17(12-14-18)23(28)32-22-21(16(3)25-26(22)24(4,5)6)33-20-10-8-7-9-19(20)27(29)30/h7-15H,1-6H3. The molecule has 174 valence electrons. The number of rotatable bonds is 7. The van der Waals surface area contributed by atoms with E-state index in [1.807, 2.05) is 34.6 Å². The summed E-state index contributed by atoms with van der Waals surface area (Å²) in [6, 6.07) is 13.2. The minimum atomic E-state index is -0.555. The number of para-hydroxylation sites is 1. The van der Waals surface area contributed by atoms with E-state index in [1.165, 1.54) is 6.07 Å². The topological polar surface area (TPSA) is 96.5 Å². The van der Waals surface area contributed by atoms with Crippen LogP contribution < -0.4 is 9.47 Å². The van der Waals surface area contributed by atoms with Gasteiger partial charge in [-0.1, -0.05) is 23.9 Å². The summed E-state index contributed by atoms with van der Waals surface area (Å²) < 4.78 is 13.1. The number of hydrogen-bond acceptors (Lipinski definition) is 7. The molecule has 0 aliphatic heterocycles. The second-order valence-corrected chi connectivity index (χ2v) is 9.76. The SMILES string of the molecule is Cc1nn(C(C)(C)C)c(OC(=O)c2ccc(OC(C)C)cc2)c1Sc1ccccc1[N+](=O)[O-]. The Morgan fingerprint density at radius 1 is 1.12 bits per heavy atom. The maximum Gasteiger partial charge on any atom is 0.344 e. The molecule has 0 bridgehead atoms. The zero-order valence-corrected chi connectivity index (χ0v) is 20.3. The van der Waals surface area contributed by atoms with Gasteiger partial charge in [-0.2, -0.15) is 5.10 Å². The van der Waals surface area contributed by atoms with E-state index in [1.54, 1.807) is 54.1 Å². The summed E-state index contributed by atoms with van der Waals surface area (Å²) in [6.07, 6.45) is 0.0218. The zero-order chi connectivity index (χ0) is 24.3. The van der Waals surface area contributed by atoms with E-state index in [9.17, 15) is 14.9 Å². The van der Waals surface area contributed by atoms with E-state index in [-0.39, 0.29) is 17.7 Å². The fourth-order valence-electron chi connectivity index (χ4n) is 3.05. The van der Waals surface area contributed by atoms with Crippen molar-refractivity contribution in [1.29, 1.82) is 0 Å². The van der Waals surface area contributed by atoms with Gasteiger partial charge in [0.1, 0.15) is 5.75 Å². The van der Waals surface area contributed by atoms with E-state index in [0.717, 1.165) is 11.8 Å². The number of aryl methyl sites for hydroxylation is 1. The summed E-state index contributed by atoms with van der Waals surface area (Å²) in [5, 5.41) is 16.1. The number of esters is 1. The Hall–Kier alpha value is -3.33. The van der Waals surface area contributed by atoms with Gasteiger partial charge in [-0.15, -0.1) is 0 Å². The smallest absolute Gasteiger partial charge is 0.344 e. The molecule has 0 N–H and O–H groups in total. The van der Waals surface area contributed by atoms with Crippen LogP contribution in [0.5, 0.6) is 11.6 Å². The zero-order valence-electron chi connectivity index (χ0n) is 19.5. The number of carbonyl (C=O) groups excluding carboxylic acids is 1. The molecule has 33 heavy (non-hydrogen) atoms. The highest BCUT2D eigenvalue weighted by atomic mass is 32.2. The van der Waals surface area contributed by atoms with Gasteiger partial charge in [0.05, 0.1) is 37.6 Å². The molecule has 0 aliphatic carbocycles. The molecule has 1 heterocycles. The third kappa shape index (κ3) is 5.73. The second kappa shape index (κ2) is 9.66. The molecule has 0 unspecified atom stereocenters. The molecule has 0 spiro atoms. The van der Waals surface area contributed by atoms with E-state index < -0.39 is 16.4 Å². The molecular weight excluding hydrogens is 442 g/mol. The van der Waals surface area contributed by atoms with Crippen molar-refractivity contribution < 1.29 is 19.2 Å². The highest BCUT2D eigenvalue weighted by Gasteiger charge is 2.29. The van der Waals surface area contributed by atoms with Crippen molar-refractivity contribution >= 4 is 23.4 Å². The Kier molecular flexibility index (Phi) is 7.12. The molecule has 0 radical (unpaired) electrons. The number of carbonyl (C=O) groups is 1. The Labute approximate surface area is 197 Å². The first kappa shape index (κ1) is 24.3. The Morgan fingerprint density at radius 3 is 2.33 bits per heavy atom. The van der Waals surface area contributed by atoms with Crippen molar-refractivity contribution in [2.24, 2.45) is 0 Å². The lowest BCUT2D eigenvalue weighted by Gasteiger charge is -2.22. The summed E-state index contributed by atoms with van der Waals surface area (Å²) in [5.41, 5.74) is 0.448. The van der Waals surface area contributed by atoms with Gasteiger partial charge in [0.25, 0.3) is 5.69 Å². The minimum Gasteiger partial charge on any atom is -0.491 e. The lowest BCUT2D eigenvalue weighted by Crippen LogP contribution is -2.25. The van der Waals surface area contributed by atoms with Gasteiger partial charge in [0.15, 0.2) is 0 Å². The fraction of sp³-hybridized carbons (Fsp3) is 0.333. The summed E-state index contributed by atoms with van der Waals surface area (Å²) in [6.45, 7) is 11.5. The number of benzene rings is 2. The molecule has 0 saturated carbocycles. The molecule has 0 amide bonds. The number of ether oxygens (including phenoxy) is 2. The minimum absolute atomic E-state index is 0.0218. The predicted octanol–water partition coefficient (Wildman–Crippen LogP) is 6.01. The third-order valence-electron chi connectivity index (χ3n) is 4.53. The summed E-state index contributed by atoms with van der Waals surface area (Å²) >= 11 is 1.16. The van der Waals surface area contributed by atoms with Gasteiger partial charge >= 0.3 is 5.97 Å². The highest BCUT2D eigenvalue weighted by Crippen LogP contribution is 2.43. The number of nitro benzene ring substituents is 1. The maximum atomic E-state index is 13.0. The van der Waals surface area contributed by atoms with Crippen LogP contribution in [0.1, 0.15) is 50.7 Å². The van der Waals surface area contributed by atoms with Crippen molar-refractivity contribution in [2.75, 3.05) is 0 Å². The average Bonchev–Trinajstić information content (AvgIpc) is 3.04. The van der Waals surface area contributed by atoms with Crippen LogP contribution in [0.25, 0.3) is 0 Å². The van der Waals surface area contributed by atoms with Gasteiger partial charge in [0.2, 0.25) is 5.88 Å². The van der Waals surface area contributed by atoms with E-state index in [0.29, 0.717) is 26.8 Å². The second-order valence-electron chi connectivity index (χ2n) is 8.71. The Bertz CT molecular complexity index is 1160. The maximum absolute atomic E-state index is 13.0. The van der Waals surface area contributed by atoms with Crippen LogP contribution in [0.15, 0.2) is 58.3 Å². The van der Waals surface area contributed by atoms with Gasteiger partial charge in [-0.05, 0) is 71.9 Å². The summed E-state index contributed by atoms with van der Waals surface area (Å²) in [4.78, 5) is 25.0. The largest absolute Gasteiger partial charge is 0.491 e. The number of aromatic nitrogens is 2. The molecule has 3 aromatic rings. The van der Waals surface area contributed by atoms with Gasteiger partial charge in [-0.3, -0.25) is 10.1 Å². The number of hydrogen-bond donors (Lipinski definition) is 0.